The minimum absolute atomic E-state index is 0.378. The average molecular weight is 305 g/mol. The van der Waals surface area contributed by atoms with Crippen molar-refractivity contribution in [2.75, 3.05) is 23.8 Å². The molecule has 0 bridgehead atoms. The Kier molecular flexibility index (Phi) is 4.47. The Morgan fingerprint density at radius 1 is 1.04 bits per heavy atom. The summed E-state index contributed by atoms with van der Waals surface area (Å²) in [6.07, 6.45) is 1.94. The van der Waals surface area contributed by atoms with Gasteiger partial charge >= 0.3 is 0 Å². The van der Waals surface area contributed by atoms with Crippen molar-refractivity contribution in [3.05, 3.63) is 66.4 Å². The lowest BCUT2D eigenvalue weighted by molar-refractivity contribution is 0.716. The van der Waals surface area contributed by atoms with E-state index in [2.05, 4.69) is 78.6 Å². The molecule has 3 aromatic rings. The average Bonchev–Trinajstić information content (AvgIpc) is 2.60. The molecule has 1 aromatic heterocycles. The van der Waals surface area contributed by atoms with Gasteiger partial charge in [-0.25, -0.2) is 0 Å². The molecule has 0 aliphatic heterocycles. The van der Waals surface area contributed by atoms with Crippen molar-refractivity contribution >= 4 is 22.3 Å². The van der Waals surface area contributed by atoms with Gasteiger partial charge in [-0.1, -0.05) is 36.4 Å². The van der Waals surface area contributed by atoms with Gasteiger partial charge in [0.05, 0.1) is 5.52 Å². The van der Waals surface area contributed by atoms with Crippen molar-refractivity contribution in [1.82, 2.24) is 4.98 Å². The van der Waals surface area contributed by atoms with Crippen LogP contribution < -0.4 is 10.2 Å². The molecule has 0 radical (unpaired) electrons. The van der Waals surface area contributed by atoms with Gasteiger partial charge in [0.25, 0.3) is 0 Å². The molecule has 1 unspecified atom stereocenters. The number of benzene rings is 2. The number of aryl methyl sites for hydroxylation is 1. The fraction of sp³-hybridized carbons (Fsp3) is 0.250. The van der Waals surface area contributed by atoms with Gasteiger partial charge in [0.2, 0.25) is 0 Å². The molecule has 2 aromatic carbocycles. The molecule has 3 heteroatoms. The Labute approximate surface area is 138 Å². The van der Waals surface area contributed by atoms with Crippen LogP contribution in [0.3, 0.4) is 0 Å². The highest BCUT2D eigenvalue weighted by Gasteiger charge is 2.11. The SMILES string of the molecule is Cc1cnc2ccccc2c1NCC(C)N(C)c1ccccc1. The van der Waals surface area contributed by atoms with E-state index < -0.39 is 0 Å². The van der Waals surface area contributed by atoms with Crippen molar-refractivity contribution in [1.29, 1.82) is 0 Å². The van der Waals surface area contributed by atoms with Crippen LogP contribution in [0.5, 0.6) is 0 Å². The van der Waals surface area contributed by atoms with E-state index in [0.717, 1.165) is 12.1 Å². The summed E-state index contributed by atoms with van der Waals surface area (Å²) in [4.78, 5) is 6.80. The van der Waals surface area contributed by atoms with E-state index in [9.17, 15) is 0 Å². The lowest BCUT2D eigenvalue weighted by atomic mass is 10.1. The number of anilines is 2. The molecule has 1 N–H and O–H groups in total. The number of nitrogens with zero attached hydrogens (tertiary/aromatic N) is 2. The van der Waals surface area contributed by atoms with E-state index >= 15 is 0 Å². The molecule has 118 valence electrons. The van der Waals surface area contributed by atoms with Crippen molar-refractivity contribution < 1.29 is 0 Å². The Morgan fingerprint density at radius 2 is 1.74 bits per heavy atom. The Morgan fingerprint density at radius 3 is 2.52 bits per heavy atom. The van der Waals surface area contributed by atoms with E-state index in [0.29, 0.717) is 6.04 Å². The molecule has 0 aliphatic rings. The first-order valence-corrected chi connectivity index (χ1v) is 8.03. The maximum Gasteiger partial charge on any atom is 0.0722 e. The third-order valence-corrected chi connectivity index (χ3v) is 4.36. The van der Waals surface area contributed by atoms with Crippen LogP contribution in [0.15, 0.2) is 60.8 Å². The minimum Gasteiger partial charge on any atom is -0.382 e. The third kappa shape index (κ3) is 3.29. The number of pyridine rings is 1. The summed E-state index contributed by atoms with van der Waals surface area (Å²) in [6.45, 7) is 5.21. The summed E-state index contributed by atoms with van der Waals surface area (Å²) in [5, 5.41) is 4.81. The molecule has 0 fully saturated rings. The van der Waals surface area contributed by atoms with Crippen LogP contribution in [-0.4, -0.2) is 24.6 Å². The predicted octanol–water partition coefficient (Wildman–Crippen LogP) is 4.48. The van der Waals surface area contributed by atoms with E-state index in [1.807, 2.05) is 18.3 Å². The zero-order valence-electron chi connectivity index (χ0n) is 14.0. The number of rotatable bonds is 5. The summed E-state index contributed by atoms with van der Waals surface area (Å²) in [5.74, 6) is 0. The van der Waals surface area contributed by atoms with Crippen LogP contribution in [0.25, 0.3) is 10.9 Å². The number of nitrogens with one attached hydrogen (secondary N) is 1. The van der Waals surface area contributed by atoms with E-state index in [-0.39, 0.29) is 0 Å². The first-order chi connectivity index (χ1) is 11.2. The number of hydrogen-bond donors (Lipinski definition) is 1. The molecule has 0 amide bonds. The zero-order chi connectivity index (χ0) is 16.2. The van der Waals surface area contributed by atoms with Crippen LogP contribution >= 0.6 is 0 Å². The first-order valence-electron chi connectivity index (χ1n) is 8.03. The summed E-state index contributed by atoms with van der Waals surface area (Å²) < 4.78 is 0. The van der Waals surface area contributed by atoms with Crippen molar-refractivity contribution in [2.24, 2.45) is 0 Å². The predicted molar refractivity (Wildman–Crippen MR) is 99.3 cm³/mol. The number of aromatic nitrogens is 1. The minimum atomic E-state index is 0.378. The van der Waals surface area contributed by atoms with Gasteiger partial charge in [-0.05, 0) is 37.6 Å². The van der Waals surface area contributed by atoms with Gasteiger partial charge < -0.3 is 10.2 Å². The van der Waals surface area contributed by atoms with Crippen LogP contribution in [0, 0.1) is 6.92 Å². The highest BCUT2D eigenvalue weighted by atomic mass is 15.1. The largest absolute Gasteiger partial charge is 0.382 e. The van der Waals surface area contributed by atoms with Crippen molar-refractivity contribution in [3.8, 4) is 0 Å². The van der Waals surface area contributed by atoms with Gasteiger partial charge in [0.1, 0.15) is 0 Å². The summed E-state index contributed by atoms with van der Waals surface area (Å²) >= 11 is 0. The molecule has 1 heterocycles. The molecule has 3 nitrogen and oxygen atoms in total. The number of fused-ring (bicyclic) bond motifs is 1. The standard InChI is InChI=1S/C20H23N3/c1-15-13-21-19-12-8-7-11-18(19)20(15)22-14-16(2)23(3)17-9-5-4-6-10-17/h4-13,16H,14H2,1-3H3,(H,21,22). The molecule has 3 rings (SSSR count). The van der Waals surface area contributed by atoms with Gasteiger partial charge in [0, 0.05) is 42.6 Å². The first kappa shape index (κ1) is 15.3. The monoisotopic (exact) mass is 305 g/mol. The highest BCUT2D eigenvalue weighted by Crippen LogP contribution is 2.25. The normalized spacial score (nSPS) is 12.1. The number of likely N-dealkylation sites (N-methyl/N-ethyl adjacent to an activating group) is 1. The van der Waals surface area contributed by atoms with Gasteiger partial charge in [-0.3, -0.25) is 4.98 Å². The number of hydrogen-bond acceptors (Lipinski definition) is 3. The maximum absolute atomic E-state index is 4.50. The summed E-state index contributed by atoms with van der Waals surface area (Å²) in [5.41, 5.74) is 4.63. The van der Waals surface area contributed by atoms with E-state index in [1.54, 1.807) is 0 Å². The van der Waals surface area contributed by atoms with Crippen LogP contribution in [0.2, 0.25) is 0 Å². The Hall–Kier alpha value is -2.55. The quantitative estimate of drug-likeness (QED) is 0.753. The Balaban J connectivity index is 1.77. The molecule has 0 aliphatic carbocycles. The second-order valence-electron chi connectivity index (χ2n) is 6.01. The second kappa shape index (κ2) is 6.69. The summed E-state index contributed by atoms with van der Waals surface area (Å²) in [7, 11) is 2.14. The third-order valence-electron chi connectivity index (χ3n) is 4.36. The fourth-order valence-electron chi connectivity index (χ4n) is 2.78. The maximum atomic E-state index is 4.50. The van der Waals surface area contributed by atoms with Crippen molar-refractivity contribution in [3.63, 3.8) is 0 Å². The molecular weight excluding hydrogens is 282 g/mol. The Bertz CT molecular complexity index is 783. The zero-order valence-corrected chi connectivity index (χ0v) is 14.0. The molecule has 23 heavy (non-hydrogen) atoms. The van der Waals surface area contributed by atoms with E-state index in [4.69, 9.17) is 0 Å². The lowest BCUT2D eigenvalue weighted by Crippen LogP contribution is -2.34. The van der Waals surface area contributed by atoms with Crippen LogP contribution in [-0.2, 0) is 0 Å². The van der Waals surface area contributed by atoms with Crippen molar-refractivity contribution in [2.45, 2.75) is 19.9 Å². The summed E-state index contributed by atoms with van der Waals surface area (Å²) in [6, 6.07) is 19.1. The highest BCUT2D eigenvalue weighted by molar-refractivity contribution is 5.92. The topological polar surface area (TPSA) is 28.2 Å². The molecular formula is C20H23N3. The van der Waals surface area contributed by atoms with Crippen LogP contribution in [0.1, 0.15) is 12.5 Å². The van der Waals surface area contributed by atoms with Crippen LogP contribution in [0.4, 0.5) is 11.4 Å². The van der Waals surface area contributed by atoms with Gasteiger partial charge in [-0.2, -0.15) is 0 Å². The van der Waals surface area contributed by atoms with Gasteiger partial charge in [-0.15, -0.1) is 0 Å². The molecule has 0 spiro atoms. The fourth-order valence-corrected chi connectivity index (χ4v) is 2.78. The lowest BCUT2D eigenvalue weighted by Gasteiger charge is -2.28. The molecule has 0 saturated heterocycles. The second-order valence-corrected chi connectivity index (χ2v) is 6.01. The smallest absolute Gasteiger partial charge is 0.0722 e. The number of para-hydroxylation sites is 2. The molecule has 1 atom stereocenters. The molecule has 0 saturated carbocycles. The van der Waals surface area contributed by atoms with Gasteiger partial charge in [0.15, 0.2) is 0 Å². The van der Waals surface area contributed by atoms with E-state index in [1.165, 1.54) is 22.3 Å².